The van der Waals surface area contributed by atoms with Gasteiger partial charge in [-0.3, -0.25) is 24.5 Å². The van der Waals surface area contributed by atoms with Gasteiger partial charge >= 0.3 is 0 Å². The van der Waals surface area contributed by atoms with E-state index in [-0.39, 0.29) is 5.91 Å². The molecule has 0 saturated carbocycles. The maximum absolute atomic E-state index is 12.4. The SMILES string of the molecule is C[C@@H](O)[C@H](NC(=O)c1ccc(-c2ccc(NC(=O)CN3CCCC3)cc2)cc1)C(=O)NO. The summed E-state index contributed by atoms with van der Waals surface area (Å²) in [7, 11) is 0. The fourth-order valence-electron chi connectivity index (χ4n) is 3.60. The Morgan fingerprint density at radius 2 is 1.53 bits per heavy atom. The number of nitrogens with one attached hydrogen (secondary N) is 3. The van der Waals surface area contributed by atoms with Crippen LogP contribution in [0.2, 0.25) is 0 Å². The molecule has 1 aliphatic rings. The summed E-state index contributed by atoms with van der Waals surface area (Å²) in [4.78, 5) is 38.2. The van der Waals surface area contributed by atoms with Crippen LogP contribution in [0.5, 0.6) is 0 Å². The van der Waals surface area contributed by atoms with E-state index in [4.69, 9.17) is 5.21 Å². The Morgan fingerprint density at radius 3 is 2.06 bits per heavy atom. The molecule has 9 nitrogen and oxygen atoms in total. The smallest absolute Gasteiger partial charge is 0.268 e. The lowest BCUT2D eigenvalue weighted by Gasteiger charge is -2.19. The van der Waals surface area contributed by atoms with Gasteiger partial charge in [0.25, 0.3) is 11.8 Å². The quantitative estimate of drug-likeness (QED) is 0.311. The van der Waals surface area contributed by atoms with E-state index in [1.54, 1.807) is 24.3 Å². The molecule has 1 aliphatic heterocycles. The third-order valence-corrected chi connectivity index (χ3v) is 5.38. The van der Waals surface area contributed by atoms with Crippen LogP contribution < -0.4 is 16.1 Å². The van der Waals surface area contributed by atoms with Crippen molar-refractivity contribution in [2.75, 3.05) is 25.0 Å². The van der Waals surface area contributed by atoms with E-state index in [0.29, 0.717) is 12.1 Å². The summed E-state index contributed by atoms with van der Waals surface area (Å²) in [6.07, 6.45) is 1.10. The molecule has 3 rings (SSSR count). The van der Waals surface area contributed by atoms with E-state index in [1.165, 1.54) is 12.4 Å². The van der Waals surface area contributed by atoms with Crippen molar-refractivity contribution >= 4 is 23.4 Å². The second kappa shape index (κ2) is 10.9. The maximum Gasteiger partial charge on any atom is 0.268 e. The van der Waals surface area contributed by atoms with Crippen molar-refractivity contribution in [1.82, 2.24) is 15.7 Å². The number of hydroxylamine groups is 1. The summed E-state index contributed by atoms with van der Waals surface area (Å²) >= 11 is 0. The van der Waals surface area contributed by atoms with E-state index >= 15 is 0 Å². The molecule has 3 amide bonds. The lowest BCUT2D eigenvalue weighted by atomic mass is 10.0. The predicted octanol–water partition coefficient (Wildman–Crippen LogP) is 1.37. The van der Waals surface area contributed by atoms with E-state index in [9.17, 15) is 19.5 Å². The fourth-order valence-corrected chi connectivity index (χ4v) is 3.60. The second-order valence-electron chi connectivity index (χ2n) is 7.85. The number of carbonyl (C=O) groups is 3. The van der Waals surface area contributed by atoms with Crippen molar-refractivity contribution in [1.29, 1.82) is 0 Å². The summed E-state index contributed by atoms with van der Waals surface area (Å²) in [6, 6.07) is 12.9. The minimum absolute atomic E-state index is 0.0274. The zero-order chi connectivity index (χ0) is 23.1. The number of hydrogen-bond donors (Lipinski definition) is 5. The second-order valence-corrected chi connectivity index (χ2v) is 7.85. The Labute approximate surface area is 186 Å². The Morgan fingerprint density at radius 1 is 0.969 bits per heavy atom. The van der Waals surface area contributed by atoms with Gasteiger partial charge in [-0.05, 0) is 68.2 Å². The average molecular weight is 441 g/mol. The normalized spacial score (nSPS) is 15.6. The summed E-state index contributed by atoms with van der Waals surface area (Å²) in [5, 5.41) is 23.7. The summed E-state index contributed by atoms with van der Waals surface area (Å²) < 4.78 is 0. The van der Waals surface area contributed by atoms with Crippen LogP contribution in [-0.2, 0) is 9.59 Å². The average Bonchev–Trinajstić information content (AvgIpc) is 3.30. The number of hydrogen-bond acceptors (Lipinski definition) is 6. The first-order valence-corrected chi connectivity index (χ1v) is 10.5. The lowest BCUT2D eigenvalue weighted by molar-refractivity contribution is -0.133. The minimum Gasteiger partial charge on any atom is -0.391 e. The molecule has 2 atom stereocenters. The standard InChI is InChI=1S/C23H28N4O5/c1-15(28)21(23(31)26-32)25-22(30)18-6-4-16(5-7-18)17-8-10-19(11-9-17)24-20(29)14-27-12-2-3-13-27/h4-11,15,21,28,32H,2-3,12-14H2,1H3,(H,24,29)(H,25,30)(H,26,31)/t15-,21+/m1/s1. The molecule has 5 N–H and O–H groups in total. The molecule has 0 unspecified atom stereocenters. The largest absolute Gasteiger partial charge is 0.391 e. The van der Waals surface area contributed by atoms with Crippen molar-refractivity contribution in [3.63, 3.8) is 0 Å². The molecule has 0 aromatic heterocycles. The van der Waals surface area contributed by atoms with Gasteiger partial charge in [0.05, 0.1) is 12.6 Å². The first-order chi connectivity index (χ1) is 15.4. The molecule has 32 heavy (non-hydrogen) atoms. The zero-order valence-electron chi connectivity index (χ0n) is 17.9. The molecule has 2 aromatic rings. The van der Waals surface area contributed by atoms with Crippen LogP contribution >= 0.6 is 0 Å². The number of anilines is 1. The van der Waals surface area contributed by atoms with Gasteiger partial charge in [-0.25, -0.2) is 5.48 Å². The topological polar surface area (TPSA) is 131 Å². The van der Waals surface area contributed by atoms with Crippen LogP contribution in [0.25, 0.3) is 11.1 Å². The van der Waals surface area contributed by atoms with Crippen LogP contribution in [0.15, 0.2) is 48.5 Å². The molecule has 1 heterocycles. The number of nitrogens with zero attached hydrogens (tertiary/aromatic N) is 1. The van der Waals surface area contributed by atoms with Crippen molar-refractivity contribution < 1.29 is 24.7 Å². The highest BCUT2D eigenvalue weighted by Crippen LogP contribution is 2.22. The first kappa shape index (κ1) is 23.4. The first-order valence-electron chi connectivity index (χ1n) is 10.5. The molecule has 1 saturated heterocycles. The van der Waals surface area contributed by atoms with Gasteiger partial charge in [0.15, 0.2) is 0 Å². The molecule has 0 radical (unpaired) electrons. The third kappa shape index (κ3) is 6.13. The van der Waals surface area contributed by atoms with Gasteiger partial charge in [-0.2, -0.15) is 0 Å². The molecule has 0 bridgehead atoms. The van der Waals surface area contributed by atoms with Crippen LogP contribution in [0.3, 0.4) is 0 Å². The zero-order valence-corrected chi connectivity index (χ0v) is 17.9. The predicted molar refractivity (Wildman–Crippen MR) is 119 cm³/mol. The van der Waals surface area contributed by atoms with Crippen LogP contribution in [0.4, 0.5) is 5.69 Å². The Bertz CT molecular complexity index is 938. The van der Waals surface area contributed by atoms with Gasteiger partial charge < -0.3 is 15.7 Å². The molecular weight excluding hydrogens is 412 g/mol. The molecule has 0 spiro atoms. The van der Waals surface area contributed by atoms with Gasteiger partial charge in [0, 0.05) is 11.3 Å². The maximum atomic E-state index is 12.4. The molecular formula is C23H28N4O5. The molecule has 9 heteroatoms. The van der Waals surface area contributed by atoms with E-state index < -0.39 is 24.0 Å². The van der Waals surface area contributed by atoms with Crippen LogP contribution in [0, 0.1) is 0 Å². The van der Waals surface area contributed by atoms with Crippen molar-refractivity contribution in [2.24, 2.45) is 0 Å². The number of benzene rings is 2. The van der Waals surface area contributed by atoms with E-state index in [1.807, 2.05) is 24.3 Å². The minimum atomic E-state index is -1.28. The van der Waals surface area contributed by atoms with E-state index in [2.05, 4.69) is 15.5 Å². The van der Waals surface area contributed by atoms with Gasteiger partial charge in [0.2, 0.25) is 5.91 Å². The number of rotatable bonds is 8. The highest BCUT2D eigenvalue weighted by Gasteiger charge is 2.25. The fraction of sp³-hybridized carbons (Fsp3) is 0.348. The highest BCUT2D eigenvalue weighted by molar-refractivity contribution is 5.98. The van der Waals surface area contributed by atoms with E-state index in [0.717, 1.165) is 42.7 Å². The summed E-state index contributed by atoms with van der Waals surface area (Å²) in [5.41, 5.74) is 4.23. The summed E-state index contributed by atoms with van der Waals surface area (Å²) in [6.45, 7) is 3.67. The Hall–Kier alpha value is -3.27. The van der Waals surface area contributed by atoms with Crippen molar-refractivity contribution in [3.05, 3.63) is 54.1 Å². The Balaban J connectivity index is 1.59. The molecule has 0 aliphatic carbocycles. The van der Waals surface area contributed by atoms with Gasteiger partial charge in [-0.1, -0.05) is 24.3 Å². The van der Waals surface area contributed by atoms with Gasteiger partial charge in [-0.15, -0.1) is 0 Å². The lowest BCUT2D eigenvalue weighted by Crippen LogP contribution is -2.51. The third-order valence-electron chi connectivity index (χ3n) is 5.38. The van der Waals surface area contributed by atoms with Gasteiger partial charge in [0.1, 0.15) is 6.04 Å². The number of aliphatic hydroxyl groups excluding tert-OH is 1. The molecule has 2 aromatic carbocycles. The number of likely N-dealkylation sites (tertiary alicyclic amines) is 1. The van der Waals surface area contributed by atoms with Crippen LogP contribution in [-0.4, -0.2) is 64.7 Å². The molecule has 1 fully saturated rings. The monoisotopic (exact) mass is 440 g/mol. The van der Waals surface area contributed by atoms with Crippen LogP contribution in [0.1, 0.15) is 30.1 Å². The Kier molecular flexibility index (Phi) is 7.93. The van der Waals surface area contributed by atoms with Crippen molar-refractivity contribution in [3.8, 4) is 11.1 Å². The highest BCUT2D eigenvalue weighted by atomic mass is 16.5. The molecule has 170 valence electrons. The number of amides is 3. The number of aliphatic hydroxyl groups is 1. The van der Waals surface area contributed by atoms with Crippen molar-refractivity contribution in [2.45, 2.75) is 31.9 Å². The summed E-state index contributed by atoms with van der Waals surface area (Å²) in [5.74, 6) is -1.49. The number of carbonyl (C=O) groups excluding carboxylic acids is 3.